The highest BCUT2D eigenvalue weighted by molar-refractivity contribution is 5.98. The molecule has 354 valence electrons. The molecule has 65 heavy (non-hydrogen) atoms. The summed E-state index contributed by atoms with van der Waals surface area (Å²) in [6, 6.07) is 8.10. The number of benzene rings is 2. The zero-order chi connectivity index (χ0) is 48.1. The van der Waals surface area contributed by atoms with Gasteiger partial charge in [0.15, 0.2) is 5.96 Å². The molecule has 0 bridgehead atoms. The number of hydrogen-bond acceptors (Lipinski definition) is 10. The number of aromatic nitrogens is 1. The summed E-state index contributed by atoms with van der Waals surface area (Å²) in [7, 11) is 0. The first-order chi connectivity index (χ1) is 30.9. The van der Waals surface area contributed by atoms with E-state index in [4.69, 9.17) is 22.6 Å². The Morgan fingerprint density at radius 3 is 1.88 bits per heavy atom. The number of primary amides is 1. The van der Waals surface area contributed by atoms with Crippen LogP contribution >= 0.6 is 0 Å². The molecule has 3 rings (SSSR count). The molecule has 0 spiro atoms. The van der Waals surface area contributed by atoms with E-state index >= 15 is 0 Å². The first-order valence-corrected chi connectivity index (χ1v) is 21.6. The van der Waals surface area contributed by atoms with Crippen LogP contribution in [0, 0.1) is 11.3 Å². The molecule has 7 amide bonds. The van der Waals surface area contributed by atoms with E-state index in [2.05, 4.69) is 42.2 Å². The summed E-state index contributed by atoms with van der Waals surface area (Å²) in [5, 5.41) is 36.2. The van der Waals surface area contributed by atoms with Crippen molar-refractivity contribution in [1.82, 2.24) is 42.2 Å². The van der Waals surface area contributed by atoms with Crippen molar-refractivity contribution in [1.29, 1.82) is 5.41 Å². The third kappa shape index (κ3) is 17.6. The lowest BCUT2D eigenvalue weighted by atomic mass is 9.96. The van der Waals surface area contributed by atoms with Gasteiger partial charge in [-0.1, -0.05) is 68.8 Å². The molecule has 0 aliphatic carbocycles. The van der Waals surface area contributed by atoms with Gasteiger partial charge >= 0.3 is 5.97 Å². The Balaban J connectivity index is 1.98. The zero-order valence-corrected chi connectivity index (χ0v) is 37.0. The Hall–Kier alpha value is -7.03. The second-order valence-corrected chi connectivity index (χ2v) is 15.9. The Morgan fingerprint density at radius 2 is 1.26 bits per heavy atom. The maximum Gasteiger partial charge on any atom is 0.326 e. The Labute approximate surface area is 377 Å². The maximum atomic E-state index is 14.5. The number of guanidine groups is 1. The van der Waals surface area contributed by atoms with Gasteiger partial charge in [-0.15, -0.1) is 0 Å². The van der Waals surface area contributed by atoms with Crippen molar-refractivity contribution in [3.05, 3.63) is 71.9 Å². The summed E-state index contributed by atoms with van der Waals surface area (Å²) < 4.78 is 0. The van der Waals surface area contributed by atoms with Crippen LogP contribution < -0.4 is 54.4 Å². The number of amides is 7. The molecule has 21 nitrogen and oxygen atoms in total. The van der Waals surface area contributed by atoms with Crippen LogP contribution in [-0.2, 0) is 51.2 Å². The number of hydrogen-bond donors (Lipinski definition) is 13. The van der Waals surface area contributed by atoms with Gasteiger partial charge in [0, 0.05) is 43.4 Å². The molecule has 0 radical (unpaired) electrons. The minimum absolute atomic E-state index is 0.0184. The normalized spacial score (nSPS) is 14.2. The molecule has 2 aromatic carbocycles. The lowest BCUT2D eigenvalue weighted by Gasteiger charge is -2.29. The van der Waals surface area contributed by atoms with E-state index in [9.17, 15) is 43.5 Å². The van der Waals surface area contributed by atoms with Crippen molar-refractivity contribution >= 4 is 64.2 Å². The van der Waals surface area contributed by atoms with Crippen molar-refractivity contribution in [2.45, 2.75) is 115 Å². The smallest absolute Gasteiger partial charge is 0.326 e. The van der Waals surface area contributed by atoms with E-state index in [1.807, 2.05) is 18.2 Å². The number of rotatable bonds is 28. The number of aliphatic carboxylic acids is 1. The van der Waals surface area contributed by atoms with Crippen LogP contribution in [0.4, 0.5) is 0 Å². The van der Waals surface area contributed by atoms with Gasteiger partial charge < -0.3 is 64.5 Å². The van der Waals surface area contributed by atoms with Gasteiger partial charge in [-0.2, -0.15) is 0 Å². The fourth-order valence-electron chi connectivity index (χ4n) is 7.03. The topological polar surface area (TPSA) is 359 Å². The molecule has 0 aliphatic heterocycles. The maximum absolute atomic E-state index is 14.5. The van der Waals surface area contributed by atoms with E-state index < -0.39 is 95.9 Å². The predicted octanol–water partition coefficient (Wildman–Crippen LogP) is -0.720. The van der Waals surface area contributed by atoms with Crippen LogP contribution in [-0.4, -0.2) is 113 Å². The fraction of sp³-hybridized carbons (Fsp3) is 0.477. The first kappa shape index (κ1) is 52.3. The number of H-pyrrole nitrogens is 1. The van der Waals surface area contributed by atoms with Crippen molar-refractivity contribution in [3.8, 4) is 0 Å². The second-order valence-electron chi connectivity index (χ2n) is 15.9. The lowest BCUT2D eigenvalue weighted by Crippen LogP contribution is -2.61. The van der Waals surface area contributed by atoms with Gasteiger partial charge in [-0.25, -0.2) is 4.79 Å². The predicted molar refractivity (Wildman–Crippen MR) is 242 cm³/mol. The van der Waals surface area contributed by atoms with Crippen molar-refractivity contribution in [2.24, 2.45) is 23.1 Å². The van der Waals surface area contributed by atoms with Crippen LogP contribution in [0.15, 0.2) is 60.8 Å². The average Bonchev–Trinajstić information content (AvgIpc) is 3.67. The number of nitrogens with two attached hydrogens (primary N) is 3. The molecule has 0 fully saturated rings. The SMILES string of the molecule is CCC(C)C(NC(=O)C(Cc1c[nH]c2ccccc12)NC(=O)C(Cc1ccccc1)NC(=O)C(CCCNC(=N)N)NC(C)=O)C(=O)NC(CC(N)=O)C(=O)NC(CCCCN)C(=O)O. The molecular weight excluding hydrogens is 841 g/mol. The van der Waals surface area contributed by atoms with Crippen LogP contribution in [0.1, 0.15) is 76.8 Å². The number of nitrogens with one attached hydrogen (secondary N) is 9. The number of carboxylic acids is 1. The van der Waals surface area contributed by atoms with E-state index in [1.165, 1.54) is 6.92 Å². The van der Waals surface area contributed by atoms with E-state index in [0.29, 0.717) is 43.4 Å². The van der Waals surface area contributed by atoms with Gasteiger partial charge in [0.05, 0.1) is 6.42 Å². The second kappa shape index (κ2) is 26.6. The summed E-state index contributed by atoms with van der Waals surface area (Å²) in [6.45, 7) is 5.23. The van der Waals surface area contributed by atoms with Crippen LogP contribution in [0.5, 0.6) is 0 Å². The molecule has 0 aliphatic rings. The monoisotopic (exact) mass is 904 g/mol. The average molecular weight is 905 g/mol. The van der Waals surface area contributed by atoms with Crippen LogP contribution in [0.2, 0.25) is 0 Å². The standard InChI is InChI=1S/C44H64N12O9/c1-4-25(2)37(42(63)55-35(23-36(46)58)40(61)52-32(43(64)65)17-10-11-19-45)56-41(62)34(22-28-24-50-30-16-9-8-15-29(28)30)54-39(60)33(21-27-13-6-5-7-14-27)53-38(59)31(51-26(3)57)18-12-20-49-44(47)48/h5-9,13-16,24-25,31-35,37,50H,4,10-12,17-23,45H2,1-3H3,(H2,46,58)(H,51,57)(H,52,61)(H,53,59)(H,54,60)(H,55,63)(H,56,62)(H,64,65)(H4,47,48,49). The quantitative estimate of drug-likeness (QED) is 0.0244. The van der Waals surface area contributed by atoms with Crippen molar-refractivity contribution < 1.29 is 43.5 Å². The van der Waals surface area contributed by atoms with Gasteiger partial charge in [0.1, 0.15) is 36.3 Å². The third-order valence-electron chi connectivity index (χ3n) is 10.7. The largest absolute Gasteiger partial charge is 0.480 e. The molecule has 0 saturated carbocycles. The summed E-state index contributed by atoms with van der Waals surface area (Å²) in [5.41, 5.74) is 18.4. The van der Waals surface area contributed by atoms with Gasteiger partial charge in [0.2, 0.25) is 41.4 Å². The lowest BCUT2D eigenvalue weighted by molar-refractivity contribution is -0.142. The number of aromatic amines is 1. The number of fused-ring (bicyclic) bond motifs is 1. The molecular formula is C44H64N12O9. The highest BCUT2D eigenvalue weighted by Crippen LogP contribution is 2.20. The van der Waals surface area contributed by atoms with Crippen molar-refractivity contribution in [2.75, 3.05) is 13.1 Å². The zero-order valence-electron chi connectivity index (χ0n) is 37.0. The number of para-hydroxylation sites is 1. The number of carbonyl (C=O) groups is 8. The summed E-state index contributed by atoms with van der Waals surface area (Å²) in [5.74, 6) is -7.71. The fourth-order valence-corrected chi connectivity index (χ4v) is 7.03. The Bertz CT molecular complexity index is 2110. The summed E-state index contributed by atoms with van der Waals surface area (Å²) in [6.07, 6.45) is 2.63. The molecule has 0 saturated heterocycles. The highest BCUT2D eigenvalue weighted by atomic mass is 16.4. The summed E-state index contributed by atoms with van der Waals surface area (Å²) in [4.78, 5) is 110. The Morgan fingerprint density at radius 1 is 0.692 bits per heavy atom. The van der Waals surface area contributed by atoms with E-state index in [-0.39, 0.29) is 38.2 Å². The molecule has 1 aromatic heterocycles. The van der Waals surface area contributed by atoms with Gasteiger partial charge in [0.25, 0.3) is 0 Å². The number of carbonyl (C=O) groups excluding carboxylic acids is 7. The highest BCUT2D eigenvalue weighted by Gasteiger charge is 2.36. The molecule has 21 heteroatoms. The Kier molecular flexibility index (Phi) is 21.4. The van der Waals surface area contributed by atoms with Crippen molar-refractivity contribution in [3.63, 3.8) is 0 Å². The minimum atomic E-state index is -1.60. The first-order valence-electron chi connectivity index (χ1n) is 21.6. The van der Waals surface area contributed by atoms with E-state index in [0.717, 1.165) is 10.9 Å². The minimum Gasteiger partial charge on any atom is -0.480 e. The van der Waals surface area contributed by atoms with E-state index in [1.54, 1.807) is 56.4 Å². The molecule has 16 N–H and O–H groups in total. The van der Waals surface area contributed by atoms with Crippen LogP contribution in [0.25, 0.3) is 10.9 Å². The summed E-state index contributed by atoms with van der Waals surface area (Å²) >= 11 is 0. The number of carboxylic acid groups (broad SMARTS) is 1. The number of unbranched alkanes of at least 4 members (excludes halogenated alkanes) is 1. The third-order valence-corrected chi connectivity index (χ3v) is 10.7. The molecule has 7 unspecified atom stereocenters. The van der Waals surface area contributed by atoms with Crippen LogP contribution in [0.3, 0.4) is 0 Å². The van der Waals surface area contributed by atoms with Gasteiger partial charge in [-0.3, -0.25) is 39.0 Å². The molecule has 3 aromatic rings. The van der Waals surface area contributed by atoms with Gasteiger partial charge in [-0.05, 0) is 61.8 Å². The molecule has 7 atom stereocenters. The molecule has 1 heterocycles.